The molecular weight excluding hydrogens is 703 g/mol. The number of pyridine rings is 1. The van der Waals surface area contributed by atoms with E-state index < -0.39 is 68.7 Å². The van der Waals surface area contributed by atoms with E-state index in [1.165, 1.54) is 17.1 Å². The lowest BCUT2D eigenvalue weighted by Gasteiger charge is -2.29. The first-order valence-corrected chi connectivity index (χ1v) is 19.5. The van der Waals surface area contributed by atoms with Crippen LogP contribution < -0.4 is 20.1 Å². The van der Waals surface area contributed by atoms with Gasteiger partial charge in [0.05, 0.1) is 18.4 Å². The number of ketones is 1. The van der Waals surface area contributed by atoms with E-state index in [2.05, 4.69) is 26.9 Å². The number of alkyl carbamates (subject to hydrolysis) is 1. The van der Waals surface area contributed by atoms with Crippen LogP contribution in [0.1, 0.15) is 70.8 Å². The van der Waals surface area contributed by atoms with Gasteiger partial charge < -0.3 is 25.0 Å². The number of hydrogen-bond donors (Lipinski definition) is 3. The Morgan fingerprint density at radius 2 is 1.96 bits per heavy atom. The molecule has 53 heavy (non-hydrogen) atoms. The maximum atomic E-state index is 14.4. The number of carbonyl (C=O) groups is 5. The molecule has 4 aliphatic rings. The fourth-order valence-electron chi connectivity index (χ4n) is 6.82. The lowest BCUT2D eigenvalue weighted by atomic mass is 10.1. The molecule has 15 heteroatoms. The van der Waals surface area contributed by atoms with Crippen molar-refractivity contribution in [1.29, 1.82) is 0 Å². The number of ether oxygens (including phenoxy) is 2. The van der Waals surface area contributed by atoms with Gasteiger partial charge in [0.1, 0.15) is 23.7 Å². The van der Waals surface area contributed by atoms with E-state index >= 15 is 0 Å². The quantitative estimate of drug-likeness (QED) is 0.240. The van der Waals surface area contributed by atoms with Crippen LogP contribution in [0, 0.1) is 5.92 Å². The lowest BCUT2D eigenvalue weighted by molar-refractivity contribution is -0.141. The molecule has 2 aromatic rings. The predicted molar refractivity (Wildman–Crippen MR) is 196 cm³/mol. The molecule has 6 rings (SSSR count). The van der Waals surface area contributed by atoms with E-state index in [1.54, 1.807) is 20.0 Å². The largest absolute Gasteiger partial charge is 0.472 e. The zero-order chi connectivity index (χ0) is 37.9. The summed E-state index contributed by atoms with van der Waals surface area (Å²) in [6.45, 7) is 7.29. The van der Waals surface area contributed by atoms with Crippen molar-refractivity contribution >= 4 is 56.5 Å². The van der Waals surface area contributed by atoms with Crippen LogP contribution >= 0.6 is 0 Å². The van der Waals surface area contributed by atoms with E-state index in [1.807, 2.05) is 36.4 Å². The summed E-state index contributed by atoms with van der Waals surface area (Å²) in [5.41, 5.74) is 0.0911. The van der Waals surface area contributed by atoms with Gasteiger partial charge in [-0.05, 0) is 81.5 Å². The van der Waals surface area contributed by atoms with Gasteiger partial charge in [0.15, 0.2) is 5.78 Å². The van der Waals surface area contributed by atoms with Gasteiger partial charge in [0.25, 0.3) is 5.91 Å². The van der Waals surface area contributed by atoms with Crippen LogP contribution in [-0.2, 0) is 33.9 Å². The number of cyclic esters (lactones) is 1. The van der Waals surface area contributed by atoms with Crippen LogP contribution in [0.15, 0.2) is 60.8 Å². The number of nitrogens with zero attached hydrogens (tertiary/aromatic N) is 2. The maximum Gasteiger partial charge on any atom is 0.407 e. The van der Waals surface area contributed by atoms with Crippen LogP contribution in [0.2, 0.25) is 0 Å². The Kier molecular flexibility index (Phi) is 11.0. The number of rotatable bonds is 10. The molecule has 1 aromatic heterocycles. The van der Waals surface area contributed by atoms with Crippen molar-refractivity contribution in [2.75, 3.05) is 13.2 Å². The molecule has 2 aliphatic heterocycles. The molecule has 0 unspecified atom stereocenters. The minimum absolute atomic E-state index is 0.0140. The number of allylic oxidation sites excluding steroid dienone is 3. The summed E-state index contributed by atoms with van der Waals surface area (Å²) in [5.74, 6) is -2.71. The maximum absolute atomic E-state index is 14.4. The highest BCUT2D eigenvalue weighted by Gasteiger charge is 2.62. The third kappa shape index (κ3) is 8.78. The van der Waals surface area contributed by atoms with Gasteiger partial charge in [-0.2, -0.15) is 0 Å². The fraction of sp³-hybridized carbons (Fsp3) is 0.474. The van der Waals surface area contributed by atoms with Crippen molar-refractivity contribution in [1.82, 2.24) is 25.2 Å². The lowest BCUT2D eigenvalue weighted by Crippen LogP contribution is -2.58. The fourth-order valence-corrected chi connectivity index (χ4v) is 8.18. The normalized spacial score (nSPS) is 26.6. The summed E-state index contributed by atoms with van der Waals surface area (Å²) in [4.78, 5) is 73.5. The van der Waals surface area contributed by atoms with Crippen LogP contribution in [0.3, 0.4) is 0 Å². The molecule has 5 atom stereocenters. The zero-order valence-corrected chi connectivity index (χ0v) is 30.7. The SMILES string of the molecule is C=C[C@@H]1C[C@]1(NC(=O)[C@@H]1C[C@@H]2CN1C(=O)[C@H](CCC(=O)C=C(C)C)NC(=O)OCCC/C=C/c1ccc3ccnc(c3c1)O2)C(=O)NS(=O)(=O)C1CC1. The summed E-state index contributed by atoms with van der Waals surface area (Å²) in [5, 5.41) is 6.31. The van der Waals surface area contributed by atoms with Crippen molar-refractivity contribution in [3.05, 3.63) is 66.4 Å². The molecule has 14 nitrogen and oxygen atoms in total. The second kappa shape index (κ2) is 15.5. The topological polar surface area (TPSA) is 190 Å². The summed E-state index contributed by atoms with van der Waals surface area (Å²) < 4.78 is 39.3. The minimum atomic E-state index is -3.92. The smallest absolute Gasteiger partial charge is 0.407 e. The molecule has 1 saturated heterocycles. The molecule has 2 saturated carbocycles. The number of nitrogens with one attached hydrogen (secondary N) is 3. The number of carbonyl (C=O) groups excluding carboxylic acids is 5. The summed E-state index contributed by atoms with van der Waals surface area (Å²) in [6.07, 6.45) is 8.84. The van der Waals surface area contributed by atoms with Gasteiger partial charge in [-0.15, -0.1) is 6.58 Å². The molecule has 3 N–H and O–H groups in total. The van der Waals surface area contributed by atoms with Crippen LogP contribution in [-0.4, -0.2) is 90.0 Å². The molecule has 282 valence electrons. The third-order valence-corrected chi connectivity index (χ3v) is 11.7. The summed E-state index contributed by atoms with van der Waals surface area (Å²) in [6, 6.07) is 5.24. The molecule has 0 spiro atoms. The Labute approximate surface area is 308 Å². The van der Waals surface area contributed by atoms with Gasteiger partial charge in [-0.3, -0.25) is 23.9 Å². The van der Waals surface area contributed by atoms with E-state index in [0.717, 1.165) is 21.9 Å². The van der Waals surface area contributed by atoms with Crippen LogP contribution in [0.5, 0.6) is 5.88 Å². The van der Waals surface area contributed by atoms with Crippen molar-refractivity contribution in [3.8, 4) is 5.88 Å². The Bertz CT molecular complexity index is 1990. The van der Waals surface area contributed by atoms with E-state index in [4.69, 9.17) is 9.47 Å². The second-order valence-electron chi connectivity index (χ2n) is 14.4. The Morgan fingerprint density at radius 3 is 2.68 bits per heavy atom. The average molecular weight is 748 g/mol. The predicted octanol–water partition coefficient (Wildman–Crippen LogP) is 3.47. The van der Waals surface area contributed by atoms with E-state index in [-0.39, 0.29) is 44.6 Å². The first kappa shape index (κ1) is 37.7. The van der Waals surface area contributed by atoms with Gasteiger partial charge in [0, 0.05) is 30.3 Å². The minimum Gasteiger partial charge on any atom is -0.472 e. The van der Waals surface area contributed by atoms with E-state index in [0.29, 0.717) is 31.6 Å². The van der Waals surface area contributed by atoms with E-state index in [9.17, 15) is 32.4 Å². The van der Waals surface area contributed by atoms with Crippen molar-refractivity contribution < 1.29 is 41.9 Å². The molecule has 1 aromatic carbocycles. The number of hydrogen-bond acceptors (Lipinski definition) is 10. The van der Waals surface area contributed by atoms with Crippen LogP contribution in [0.25, 0.3) is 16.8 Å². The summed E-state index contributed by atoms with van der Waals surface area (Å²) in [7, 11) is -3.92. The van der Waals surface area contributed by atoms with Gasteiger partial charge >= 0.3 is 6.09 Å². The highest BCUT2D eigenvalue weighted by Crippen LogP contribution is 2.45. The first-order valence-electron chi connectivity index (χ1n) is 17.9. The highest BCUT2D eigenvalue weighted by atomic mass is 32.2. The van der Waals surface area contributed by atoms with Crippen molar-refractivity contribution in [3.63, 3.8) is 0 Å². The average Bonchev–Trinajstić information content (AvgIpc) is 4.04. The number of fused-ring (bicyclic) bond motifs is 3. The van der Waals surface area contributed by atoms with Crippen molar-refractivity contribution in [2.45, 2.75) is 94.2 Å². The monoisotopic (exact) mass is 747 g/mol. The Morgan fingerprint density at radius 1 is 1.17 bits per heavy atom. The standard InChI is InChI=1S/C38H45N5O9S/c1-4-26-21-38(26,36(47)42-53(49,50)29-12-13-29)41-33(45)32-20-28-22-43(32)35(46)31(14-11-27(44)18-23(2)3)40-37(48)51-17-7-5-6-8-24-9-10-25-15-16-39-34(52-28)30(25)19-24/h4,6,8-10,15-16,18-19,26,28-29,31-32H,1,5,7,11-14,17,20-22H2,2-3H3,(H,40,48)(H,41,45)(H,42,47)/b8-6+/t26-,28-,31+,32+,38-/m1/s1. The summed E-state index contributed by atoms with van der Waals surface area (Å²) >= 11 is 0. The first-order chi connectivity index (χ1) is 25.3. The molecule has 3 fully saturated rings. The molecular formula is C38H45N5O9S. The second-order valence-corrected chi connectivity index (χ2v) is 16.3. The Hall–Kier alpha value is -5.05. The van der Waals surface area contributed by atoms with Gasteiger partial charge in [0.2, 0.25) is 27.7 Å². The molecule has 2 aliphatic carbocycles. The van der Waals surface area contributed by atoms with Crippen LogP contribution in [0.4, 0.5) is 4.79 Å². The molecule has 4 amide bonds. The number of sulfonamides is 1. The third-order valence-electron chi connectivity index (χ3n) is 9.91. The van der Waals surface area contributed by atoms with Crippen molar-refractivity contribution in [2.24, 2.45) is 5.92 Å². The Balaban J connectivity index is 1.32. The zero-order valence-electron chi connectivity index (χ0n) is 29.8. The molecule has 0 radical (unpaired) electrons. The molecule has 4 bridgehead atoms. The molecule has 3 heterocycles. The number of aromatic nitrogens is 1. The highest BCUT2D eigenvalue weighted by molar-refractivity contribution is 7.91. The van der Waals surface area contributed by atoms with Gasteiger partial charge in [-0.25, -0.2) is 18.2 Å². The number of amides is 4. The number of benzene rings is 1. The van der Waals surface area contributed by atoms with Gasteiger partial charge in [-0.1, -0.05) is 35.9 Å².